The van der Waals surface area contributed by atoms with Crippen molar-refractivity contribution in [1.82, 2.24) is 0 Å². The second kappa shape index (κ2) is 7.86. The zero-order chi connectivity index (χ0) is 22.4. The molecule has 1 aliphatic heterocycles. The highest BCUT2D eigenvalue weighted by atomic mass is 16.7. The van der Waals surface area contributed by atoms with Crippen molar-refractivity contribution in [3.8, 4) is 28.6 Å². The molecule has 4 rings (SSSR count). The summed E-state index contributed by atoms with van der Waals surface area (Å²) in [5.41, 5.74) is 0.422. The van der Waals surface area contributed by atoms with Crippen LogP contribution in [0.5, 0.6) is 17.2 Å². The number of hydrogen-bond donors (Lipinski definition) is 5. The molecule has 2 unspecified atom stereocenters. The summed E-state index contributed by atoms with van der Waals surface area (Å²) in [5, 5.41) is 49.7. The van der Waals surface area contributed by atoms with Gasteiger partial charge >= 0.3 is 0 Å². The summed E-state index contributed by atoms with van der Waals surface area (Å²) in [6.45, 7) is 3.07. The van der Waals surface area contributed by atoms with Crippen LogP contribution in [0.25, 0.3) is 22.3 Å². The molecule has 1 aromatic heterocycles. The van der Waals surface area contributed by atoms with Crippen molar-refractivity contribution in [2.45, 2.75) is 44.6 Å². The van der Waals surface area contributed by atoms with Crippen molar-refractivity contribution < 1.29 is 39.4 Å². The van der Waals surface area contributed by atoms with Crippen molar-refractivity contribution in [2.24, 2.45) is 0 Å². The van der Waals surface area contributed by atoms with Crippen molar-refractivity contribution in [1.29, 1.82) is 0 Å². The summed E-state index contributed by atoms with van der Waals surface area (Å²) in [7, 11) is 0. The largest absolute Gasteiger partial charge is 0.508 e. The highest BCUT2D eigenvalue weighted by molar-refractivity contribution is 5.87. The number of aromatic hydroxyl groups is 2. The Kier molecular flexibility index (Phi) is 5.36. The van der Waals surface area contributed by atoms with E-state index in [1.807, 2.05) is 0 Å². The number of benzene rings is 2. The Morgan fingerprint density at radius 2 is 1.61 bits per heavy atom. The molecule has 1 fully saturated rings. The molecule has 31 heavy (non-hydrogen) atoms. The van der Waals surface area contributed by atoms with E-state index in [1.54, 1.807) is 19.1 Å². The normalized spacial score (nSPS) is 26.2. The monoisotopic (exact) mass is 430 g/mol. The molecule has 0 amide bonds. The highest BCUT2D eigenvalue weighted by Crippen LogP contribution is 2.35. The molecule has 0 bridgehead atoms. The smallest absolute Gasteiger partial charge is 0.229 e. The first-order valence-corrected chi connectivity index (χ1v) is 9.63. The average molecular weight is 430 g/mol. The second-order valence-corrected chi connectivity index (χ2v) is 7.55. The van der Waals surface area contributed by atoms with Gasteiger partial charge in [-0.3, -0.25) is 4.79 Å². The topological polar surface area (TPSA) is 150 Å². The lowest BCUT2D eigenvalue weighted by Gasteiger charge is -2.38. The summed E-state index contributed by atoms with van der Waals surface area (Å²) in [4.78, 5) is 13.2. The first-order chi connectivity index (χ1) is 14.7. The summed E-state index contributed by atoms with van der Waals surface area (Å²) in [6, 6.07) is 8.53. The molecule has 1 aliphatic rings. The number of phenols is 2. The van der Waals surface area contributed by atoms with Gasteiger partial charge in [0.15, 0.2) is 5.43 Å². The van der Waals surface area contributed by atoms with Gasteiger partial charge in [-0.15, -0.1) is 0 Å². The van der Waals surface area contributed by atoms with E-state index in [0.717, 1.165) is 0 Å². The lowest BCUT2D eigenvalue weighted by Crippen LogP contribution is -2.58. The van der Waals surface area contributed by atoms with Gasteiger partial charge in [0.05, 0.1) is 6.10 Å². The van der Waals surface area contributed by atoms with Gasteiger partial charge in [-0.2, -0.15) is 0 Å². The van der Waals surface area contributed by atoms with Crippen molar-refractivity contribution in [2.75, 3.05) is 0 Å². The minimum absolute atomic E-state index is 0.0156. The maximum atomic E-state index is 13.2. The zero-order valence-electron chi connectivity index (χ0n) is 16.7. The van der Waals surface area contributed by atoms with Crippen LogP contribution in [0.15, 0.2) is 45.6 Å². The third kappa shape index (κ3) is 3.72. The number of ether oxygens (including phenoxy) is 2. The first-order valence-electron chi connectivity index (χ1n) is 9.63. The third-order valence-electron chi connectivity index (χ3n) is 5.35. The number of rotatable bonds is 3. The van der Waals surface area contributed by atoms with Gasteiger partial charge in [-0.25, -0.2) is 0 Å². The van der Waals surface area contributed by atoms with Gasteiger partial charge < -0.3 is 39.4 Å². The quantitative estimate of drug-likeness (QED) is 0.415. The molecule has 5 atom stereocenters. The lowest BCUT2D eigenvalue weighted by molar-refractivity contribution is -0.267. The molecule has 0 radical (unpaired) electrons. The average Bonchev–Trinajstić information content (AvgIpc) is 2.73. The van der Waals surface area contributed by atoms with Crippen molar-refractivity contribution >= 4 is 11.0 Å². The Morgan fingerprint density at radius 3 is 2.29 bits per heavy atom. The van der Waals surface area contributed by atoms with E-state index >= 15 is 0 Å². The zero-order valence-corrected chi connectivity index (χ0v) is 16.7. The molecule has 9 heteroatoms. The Morgan fingerprint density at radius 1 is 0.935 bits per heavy atom. The molecule has 2 heterocycles. The summed E-state index contributed by atoms with van der Waals surface area (Å²) >= 11 is 0. The maximum Gasteiger partial charge on any atom is 0.229 e. The van der Waals surface area contributed by atoms with Gasteiger partial charge in [0.2, 0.25) is 6.29 Å². The van der Waals surface area contributed by atoms with E-state index in [4.69, 9.17) is 13.9 Å². The van der Waals surface area contributed by atoms with E-state index in [0.29, 0.717) is 5.56 Å². The minimum Gasteiger partial charge on any atom is -0.508 e. The fourth-order valence-corrected chi connectivity index (χ4v) is 3.57. The number of fused-ring (bicyclic) bond motifs is 1. The van der Waals surface area contributed by atoms with E-state index in [9.17, 15) is 30.3 Å². The standard InChI is InChI=1S/C22H22O9/c1-9-17(25)16-14(30-21(9)11-3-5-12(23)6-4-11)7-13(24)8-15(16)31-22-20(28)19(27)18(26)10(2)29-22/h3-8,10,18-20,22-24,26-28H,1-2H3/t10?,18-,19-,20?,22-/m0/s1. The number of aliphatic hydroxyl groups is 3. The molecule has 9 nitrogen and oxygen atoms in total. The molecule has 0 aliphatic carbocycles. The fourth-order valence-electron chi connectivity index (χ4n) is 3.57. The van der Waals surface area contributed by atoms with Crippen LogP contribution in [0.2, 0.25) is 0 Å². The minimum atomic E-state index is -1.59. The molecule has 0 spiro atoms. The molecule has 5 N–H and O–H groups in total. The molecular weight excluding hydrogens is 408 g/mol. The third-order valence-corrected chi connectivity index (χ3v) is 5.35. The van der Waals surface area contributed by atoms with Gasteiger partial charge in [0.25, 0.3) is 0 Å². The molecule has 3 aromatic rings. The van der Waals surface area contributed by atoms with Gasteiger partial charge in [-0.05, 0) is 38.1 Å². The molecule has 1 saturated heterocycles. The predicted octanol–water partition coefficient (Wildman–Crippen LogP) is 1.39. The maximum absolute atomic E-state index is 13.2. The van der Waals surface area contributed by atoms with Gasteiger partial charge in [0.1, 0.15) is 52.3 Å². The number of aliphatic hydroxyl groups excluding tert-OH is 3. The van der Waals surface area contributed by atoms with Crippen LogP contribution in [0, 0.1) is 6.92 Å². The highest BCUT2D eigenvalue weighted by Gasteiger charge is 2.43. The van der Waals surface area contributed by atoms with Crippen LogP contribution in [0.1, 0.15) is 12.5 Å². The van der Waals surface area contributed by atoms with Crippen LogP contribution in [-0.2, 0) is 4.74 Å². The summed E-state index contributed by atoms with van der Waals surface area (Å²) < 4.78 is 17.0. The van der Waals surface area contributed by atoms with Gasteiger partial charge in [0, 0.05) is 23.3 Å². The van der Waals surface area contributed by atoms with Crippen molar-refractivity contribution in [3.63, 3.8) is 0 Å². The lowest BCUT2D eigenvalue weighted by atomic mass is 10.00. The molecule has 164 valence electrons. The Labute approximate surface area is 176 Å². The Hall–Kier alpha value is -3.11. The van der Waals surface area contributed by atoms with E-state index < -0.39 is 36.1 Å². The van der Waals surface area contributed by atoms with E-state index in [1.165, 1.54) is 31.2 Å². The van der Waals surface area contributed by atoms with Crippen LogP contribution < -0.4 is 10.2 Å². The Bertz CT molecular complexity index is 1170. The van der Waals surface area contributed by atoms with Crippen LogP contribution in [0.3, 0.4) is 0 Å². The van der Waals surface area contributed by atoms with E-state index in [2.05, 4.69) is 0 Å². The molecule has 2 aromatic carbocycles. The van der Waals surface area contributed by atoms with Crippen LogP contribution in [-0.4, -0.2) is 56.2 Å². The molecule has 0 saturated carbocycles. The predicted molar refractivity (Wildman–Crippen MR) is 109 cm³/mol. The van der Waals surface area contributed by atoms with Crippen LogP contribution >= 0.6 is 0 Å². The van der Waals surface area contributed by atoms with Gasteiger partial charge in [-0.1, -0.05) is 0 Å². The number of phenolic OH excluding ortho intramolecular Hbond substituents is 2. The van der Waals surface area contributed by atoms with Crippen molar-refractivity contribution in [3.05, 3.63) is 52.2 Å². The second-order valence-electron chi connectivity index (χ2n) is 7.55. The Balaban J connectivity index is 1.81. The molecular formula is C22H22O9. The van der Waals surface area contributed by atoms with E-state index in [-0.39, 0.29) is 39.5 Å². The SMILES string of the molecule is Cc1c(-c2ccc(O)cc2)oc2cc(O)cc(O[C@@H]3OC(C)[C@H](O)[C@H](O)C3O)c2c1=O. The fraction of sp³-hybridized carbons (Fsp3) is 0.318. The summed E-state index contributed by atoms with van der Waals surface area (Å²) in [6.07, 6.45) is -6.65. The summed E-state index contributed by atoms with van der Waals surface area (Å²) in [5.74, 6) is -0.0466. The number of hydrogen-bond acceptors (Lipinski definition) is 9. The van der Waals surface area contributed by atoms with Crippen LogP contribution in [0.4, 0.5) is 0 Å². The first kappa shape index (κ1) is 21.1.